The molecule has 0 aromatic heterocycles. The Hall–Kier alpha value is -0.900. The molecule has 0 aliphatic rings. The lowest BCUT2D eigenvalue weighted by atomic mass is 10.0. The van der Waals surface area contributed by atoms with Crippen LogP contribution in [0.4, 0.5) is 5.69 Å². The molecule has 1 aromatic rings. The predicted molar refractivity (Wildman–Crippen MR) is 59.3 cm³/mol. The average Bonchev–Trinajstić information content (AvgIpc) is 2.07. The molecule has 0 N–H and O–H groups in total. The highest BCUT2D eigenvalue weighted by Gasteiger charge is 2.14. The van der Waals surface area contributed by atoms with Gasteiger partial charge in [0.25, 0.3) is 5.69 Å². The van der Waals surface area contributed by atoms with E-state index in [2.05, 4.69) is 29.8 Å². The third-order valence-corrected chi connectivity index (χ3v) is 2.80. The van der Waals surface area contributed by atoms with E-state index in [-0.39, 0.29) is 10.6 Å². The van der Waals surface area contributed by atoms with E-state index in [9.17, 15) is 10.1 Å². The summed E-state index contributed by atoms with van der Waals surface area (Å²) < 4.78 is 0.610. The van der Waals surface area contributed by atoms with Gasteiger partial charge in [0, 0.05) is 6.07 Å². The van der Waals surface area contributed by atoms with Crippen LogP contribution in [0.2, 0.25) is 0 Å². The van der Waals surface area contributed by atoms with Gasteiger partial charge in [0.15, 0.2) is 0 Å². The van der Waals surface area contributed by atoms with Crippen LogP contribution in [-0.4, -0.2) is 4.92 Å². The summed E-state index contributed by atoms with van der Waals surface area (Å²) in [6, 6.07) is 5.14. The second-order valence-electron chi connectivity index (χ2n) is 3.61. The molecule has 1 aromatic carbocycles. The second-order valence-corrected chi connectivity index (χ2v) is 4.40. The lowest BCUT2D eigenvalue weighted by molar-refractivity contribution is -0.385. The third kappa shape index (κ3) is 2.54. The molecule has 4 heteroatoms. The van der Waals surface area contributed by atoms with Crippen molar-refractivity contribution >= 4 is 21.6 Å². The first-order valence-corrected chi connectivity index (χ1v) is 5.23. The Morgan fingerprint density at radius 1 is 1.50 bits per heavy atom. The summed E-state index contributed by atoms with van der Waals surface area (Å²) in [5, 5.41) is 10.6. The van der Waals surface area contributed by atoms with Gasteiger partial charge in [0.1, 0.15) is 0 Å². The predicted octanol–water partition coefficient (Wildman–Crippen LogP) is 3.56. The number of nitro benzene ring substituents is 1. The van der Waals surface area contributed by atoms with Gasteiger partial charge in [-0.25, -0.2) is 0 Å². The first-order valence-electron chi connectivity index (χ1n) is 4.44. The molecule has 0 amide bonds. The molecule has 0 heterocycles. The molecular weight excluding hydrogens is 246 g/mol. The smallest absolute Gasteiger partial charge is 0.258 e. The van der Waals surface area contributed by atoms with Gasteiger partial charge in [0.2, 0.25) is 0 Å². The Kier molecular flexibility index (Phi) is 3.63. The fourth-order valence-corrected chi connectivity index (χ4v) is 1.88. The number of benzene rings is 1. The lowest BCUT2D eigenvalue weighted by Gasteiger charge is -2.06. The number of hydrogen-bond acceptors (Lipinski definition) is 2. The molecule has 0 aliphatic heterocycles. The van der Waals surface area contributed by atoms with E-state index in [1.807, 2.05) is 6.07 Å². The minimum atomic E-state index is -0.367. The van der Waals surface area contributed by atoms with Crippen molar-refractivity contribution in [2.24, 2.45) is 5.92 Å². The van der Waals surface area contributed by atoms with Crippen LogP contribution in [-0.2, 0) is 6.42 Å². The molecule has 0 radical (unpaired) electrons. The monoisotopic (exact) mass is 257 g/mol. The Balaban J connectivity index is 3.07. The number of halogens is 1. The van der Waals surface area contributed by atoms with Gasteiger partial charge < -0.3 is 0 Å². The van der Waals surface area contributed by atoms with Crippen molar-refractivity contribution in [1.82, 2.24) is 0 Å². The maximum Gasteiger partial charge on any atom is 0.283 e. The van der Waals surface area contributed by atoms with Gasteiger partial charge in [-0.1, -0.05) is 26.0 Å². The van der Waals surface area contributed by atoms with Crippen molar-refractivity contribution in [2.75, 3.05) is 0 Å². The van der Waals surface area contributed by atoms with E-state index >= 15 is 0 Å². The number of hydrogen-bond donors (Lipinski definition) is 0. The fraction of sp³-hybridized carbons (Fsp3) is 0.400. The molecule has 3 nitrogen and oxygen atoms in total. The maximum absolute atomic E-state index is 10.6. The van der Waals surface area contributed by atoms with Crippen LogP contribution >= 0.6 is 15.9 Å². The topological polar surface area (TPSA) is 43.1 Å². The number of nitrogens with zero attached hydrogens (tertiary/aromatic N) is 1. The highest BCUT2D eigenvalue weighted by atomic mass is 79.9. The zero-order chi connectivity index (χ0) is 10.7. The Bertz CT molecular complexity index is 350. The van der Waals surface area contributed by atoms with Crippen LogP contribution in [0.1, 0.15) is 19.4 Å². The maximum atomic E-state index is 10.6. The first-order chi connectivity index (χ1) is 6.52. The summed E-state index contributed by atoms with van der Waals surface area (Å²) in [7, 11) is 0. The van der Waals surface area contributed by atoms with Gasteiger partial charge in [-0.2, -0.15) is 0 Å². The van der Waals surface area contributed by atoms with Crippen LogP contribution in [0, 0.1) is 16.0 Å². The first kappa shape index (κ1) is 11.2. The molecule has 1 rings (SSSR count). The summed E-state index contributed by atoms with van der Waals surface area (Å²) in [5.74, 6) is 0.494. The largest absolute Gasteiger partial charge is 0.283 e. The van der Waals surface area contributed by atoms with Crippen molar-refractivity contribution < 1.29 is 4.92 Å². The van der Waals surface area contributed by atoms with Crippen molar-refractivity contribution in [2.45, 2.75) is 20.3 Å². The summed E-state index contributed by atoms with van der Waals surface area (Å²) in [6.07, 6.45) is 0.849. The Morgan fingerprint density at radius 3 is 2.64 bits per heavy atom. The van der Waals surface area contributed by atoms with E-state index in [0.29, 0.717) is 10.4 Å². The van der Waals surface area contributed by atoms with Gasteiger partial charge in [-0.15, -0.1) is 0 Å². The van der Waals surface area contributed by atoms with Crippen LogP contribution < -0.4 is 0 Å². The van der Waals surface area contributed by atoms with Gasteiger partial charge in [-0.05, 0) is 33.8 Å². The zero-order valence-corrected chi connectivity index (χ0v) is 9.74. The van der Waals surface area contributed by atoms with Crippen molar-refractivity contribution in [3.05, 3.63) is 38.3 Å². The summed E-state index contributed by atoms with van der Waals surface area (Å²) in [6.45, 7) is 4.18. The van der Waals surface area contributed by atoms with Gasteiger partial charge in [-0.3, -0.25) is 10.1 Å². The average molecular weight is 258 g/mol. The van der Waals surface area contributed by atoms with Gasteiger partial charge in [0.05, 0.1) is 9.40 Å². The molecule has 0 aliphatic carbocycles. The van der Waals surface area contributed by atoms with E-state index in [1.165, 1.54) is 6.07 Å². The SMILES string of the molecule is CC(C)Cc1cccc([N+](=O)[O-])c1Br. The lowest BCUT2D eigenvalue weighted by Crippen LogP contribution is -1.98. The molecule has 0 saturated carbocycles. The highest BCUT2D eigenvalue weighted by Crippen LogP contribution is 2.29. The Morgan fingerprint density at radius 2 is 2.14 bits per heavy atom. The van der Waals surface area contributed by atoms with Crippen LogP contribution in [0.25, 0.3) is 0 Å². The second kappa shape index (κ2) is 4.55. The van der Waals surface area contributed by atoms with Crippen LogP contribution in [0.5, 0.6) is 0 Å². The number of rotatable bonds is 3. The Labute approximate surface area is 91.4 Å². The van der Waals surface area contributed by atoms with E-state index in [1.54, 1.807) is 6.07 Å². The number of nitro groups is 1. The molecule has 0 atom stereocenters. The molecule has 0 fully saturated rings. The molecule has 76 valence electrons. The highest BCUT2D eigenvalue weighted by molar-refractivity contribution is 9.10. The summed E-state index contributed by atoms with van der Waals surface area (Å²) >= 11 is 3.27. The molecule has 0 unspecified atom stereocenters. The fourth-order valence-electron chi connectivity index (χ4n) is 1.30. The van der Waals surface area contributed by atoms with E-state index in [4.69, 9.17) is 0 Å². The van der Waals surface area contributed by atoms with Crippen molar-refractivity contribution in [3.63, 3.8) is 0 Å². The molecular formula is C10H12BrNO2. The molecule has 0 spiro atoms. The third-order valence-electron chi connectivity index (χ3n) is 1.88. The van der Waals surface area contributed by atoms with Crippen molar-refractivity contribution in [3.8, 4) is 0 Å². The molecule has 0 saturated heterocycles. The van der Waals surface area contributed by atoms with Gasteiger partial charge >= 0.3 is 0 Å². The minimum absolute atomic E-state index is 0.142. The molecule has 14 heavy (non-hydrogen) atoms. The summed E-state index contributed by atoms with van der Waals surface area (Å²) in [4.78, 5) is 10.3. The normalized spacial score (nSPS) is 10.6. The minimum Gasteiger partial charge on any atom is -0.258 e. The quantitative estimate of drug-likeness (QED) is 0.614. The van der Waals surface area contributed by atoms with Crippen molar-refractivity contribution in [1.29, 1.82) is 0 Å². The standard InChI is InChI=1S/C10H12BrNO2/c1-7(2)6-8-4-3-5-9(10(8)11)12(13)14/h3-5,7H,6H2,1-2H3. The van der Waals surface area contributed by atoms with Crippen LogP contribution in [0.15, 0.2) is 22.7 Å². The molecule has 0 bridgehead atoms. The zero-order valence-electron chi connectivity index (χ0n) is 8.16. The van der Waals surface area contributed by atoms with E-state index < -0.39 is 0 Å². The van der Waals surface area contributed by atoms with Crippen LogP contribution in [0.3, 0.4) is 0 Å². The summed E-state index contributed by atoms with van der Waals surface area (Å²) in [5.41, 5.74) is 1.14. The van der Waals surface area contributed by atoms with E-state index in [0.717, 1.165) is 12.0 Å².